The van der Waals surface area contributed by atoms with E-state index in [9.17, 15) is 10.1 Å². The van der Waals surface area contributed by atoms with Crippen LogP contribution < -0.4 is 5.56 Å². The van der Waals surface area contributed by atoms with Crippen LogP contribution in [-0.4, -0.2) is 20.2 Å². The third-order valence-electron chi connectivity index (χ3n) is 2.77. The fourth-order valence-electron chi connectivity index (χ4n) is 1.84. The number of hydrogen-bond acceptors (Lipinski definition) is 6. The maximum absolute atomic E-state index is 11.2. The highest BCUT2D eigenvalue weighted by Gasteiger charge is 2.15. The van der Waals surface area contributed by atoms with Crippen LogP contribution in [0.2, 0.25) is 0 Å². The maximum atomic E-state index is 11.2. The summed E-state index contributed by atoms with van der Waals surface area (Å²) in [6.07, 6.45) is 2.87. The number of aromatic amines is 1. The molecule has 0 atom stereocenters. The molecule has 0 aliphatic heterocycles. The van der Waals surface area contributed by atoms with Crippen molar-refractivity contribution in [3.8, 4) is 6.07 Å². The third-order valence-corrected chi connectivity index (χ3v) is 3.65. The predicted molar refractivity (Wildman–Crippen MR) is 74.5 cm³/mol. The highest BCUT2D eigenvalue weighted by atomic mass is 32.2. The fraction of sp³-hybridized carbons (Fsp3) is 0.308. The van der Waals surface area contributed by atoms with Crippen LogP contribution >= 0.6 is 11.8 Å². The zero-order valence-corrected chi connectivity index (χ0v) is 12.0. The molecular weight excluding hydrogens is 274 g/mol. The molecule has 2 rings (SSSR count). The Bertz CT molecular complexity index is 719. The number of aromatic nitrogens is 4. The highest BCUT2D eigenvalue weighted by Crippen LogP contribution is 2.27. The Labute approximate surface area is 120 Å². The van der Waals surface area contributed by atoms with Crippen molar-refractivity contribution in [2.24, 2.45) is 0 Å². The SMILES string of the molecule is CCc1nnc(Sc2nccc(=O)[nH]2)c(C#N)c1CC. The summed E-state index contributed by atoms with van der Waals surface area (Å²) >= 11 is 1.14. The van der Waals surface area contributed by atoms with Gasteiger partial charge in [-0.2, -0.15) is 10.4 Å². The summed E-state index contributed by atoms with van der Waals surface area (Å²) in [5.41, 5.74) is 2.01. The van der Waals surface area contributed by atoms with Crippen LogP contribution in [0.1, 0.15) is 30.7 Å². The van der Waals surface area contributed by atoms with E-state index >= 15 is 0 Å². The maximum Gasteiger partial charge on any atom is 0.251 e. The van der Waals surface area contributed by atoms with Gasteiger partial charge in [0.15, 0.2) is 5.16 Å². The second kappa shape index (κ2) is 6.30. The normalized spacial score (nSPS) is 10.2. The van der Waals surface area contributed by atoms with Crippen LogP contribution in [0, 0.1) is 11.3 Å². The van der Waals surface area contributed by atoms with E-state index in [1.165, 1.54) is 12.3 Å². The lowest BCUT2D eigenvalue weighted by Crippen LogP contribution is -2.07. The molecule has 0 saturated carbocycles. The van der Waals surface area contributed by atoms with Crippen LogP contribution in [0.5, 0.6) is 0 Å². The lowest BCUT2D eigenvalue weighted by Gasteiger charge is -2.09. The molecule has 6 nitrogen and oxygen atoms in total. The van der Waals surface area contributed by atoms with Crippen molar-refractivity contribution < 1.29 is 0 Å². The molecule has 2 aromatic rings. The number of nitriles is 1. The number of hydrogen-bond donors (Lipinski definition) is 1. The van der Waals surface area contributed by atoms with E-state index in [2.05, 4.69) is 26.2 Å². The zero-order valence-electron chi connectivity index (χ0n) is 11.2. The van der Waals surface area contributed by atoms with Crippen LogP contribution in [0.25, 0.3) is 0 Å². The molecule has 2 heterocycles. The molecule has 0 radical (unpaired) electrons. The summed E-state index contributed by atoms with van der Waals surface area (Å²) in [7, 11) is 0. The second-order valence-corrected chi connectivity index (χ2v) is 4.94. The van der Waals surface area contributed by atoms with Crippen molar-refractivity contribution >= 4 is 11.8 Å². The summed E-state index contributed by atoms with van der Waals surface area (Å²) < 4.78 is 0. The zero-order chi connectivity index (χ0) is 14.5. The van der Waals surface area contributed by atoms with Gasteiger partial charge in [0, 0.05) is 12.3 Å². The quantitative estimate of drug-likeness (QED) is 0.860. The van der Waals surface area contributed by atoms with Crippen molar-refractivity contribution in [1.82, 2.24) is 20.2 Å². The van der Waals surface area contributed by atoms with Gasteiger partial charge in [-0.25, -0.2) is 4.98 Å². The van der Waals surface area contributed by atoms with Crippen molar-refractivity contribution in [2.75, 3.05) is 0 Å². The van der Waals surface area contributed by atoms with Crippen molar-refractivity contribution in [3.05, 3.63) is 39.4 Å². The van der Waals surface area contributed by atoms with Gasteiger partial charge in [-0.05, 0) is 30.2 Å². The van der Waals surface area contributed by atoms with Crippen LogP contribution in [0.15, 0.2) is 27.2 Å². The minimum Gasteiger partial charge on any atom is -0.301 e. The minimum atomic E-state index is -0.241. The number of nitrogens with zero attached hydrogens (tertiary/aromatic N) is 4. The fourth-order valence-corrected chi connectivity index (χ4v) is 2.64. The molecule has 0 unspecified atom stereocenters. The third kappa shape index (κ3) is 2.86. The van der Waals surface area contributed by atoms with Gasteiger partial charge in [-0.3, -0.25) is 4.79 Å². The number of rotatable bonds is 4. The number of aryl methyl sites for hydroxylation is 1. The van der Waals surface area contributed by atoms with E-state index in [-0.39, 0.29) is 5.56 Å². The summed E-state index contributed by atoms with van der Waals surface area (Å²) in [6, 6.07) is 3.51. The molecule has 0 aromatic carbocycles. The molecule has 0 aliphatic rings. The first-order valence-electron chi connectivity index (χ1n) is 6.21. The second-order valence-electron chi connectivity index (χ2n) is 3.97. The van der Waals surface area contributed by atoms with Crippen LogP contribution in [-0.2, 0) is 12.8 Å². The monoisotopic (exact) mass is 287 g/mol. The van der Waals surface area contributed by atoms with Gasteiger partial charge in [0.2, 0.25) is 0 Å². The summed E-state index contributed by atoms with van der Waals surface area (Å²) in [5, 5.41) is 18.5. The van der Waals surface area contributed by atoms with Crippen LogP contribution in [0.3, 0.4) is 0 Å². The molecule has 0 fully saturated rings. The first kappa shape index (κ1) is 14.2. The molecule has 102 valence electrons. The molecular formula is C13H13N5OS. The summed E-state index contributed by atoms with van der Waals surface area (Å²) in [4.78, 5) is 17.9. The molecule has 0 bridgehead atoms. The Balaban J connectivity index is 2.47. The van der Waals surface area contributed by atoms with E-state index < -0.39 is 0 Å². The minimum absolute atomic E-state index is 0.241. The first-order valence-corrected chi connectivity index (χ1v) is 7.02. The van der Waals surface area contributed by atoms with Crippen molar-refractivity contribution in [1.29, 1.82) is 5.26 Å². The molecule has 7 heteroatoms. The highest BCUT2D eigenvalue weighted by molar-refractivity contribution is 7.99. The van der Waals surface area contributed by atoms with E-state index in [0.29, 0.717) is 22.2 Å². The summed E-state index contributed by atoms with van der Waals surface area (Å²) in [5.74, 6) is 0. The Hall–Kier alpha value is -2.20. The topological polar surface area (TPSA) is 95.3 Å². The van der Waals surface area contributed by atoms with Gasteiger partial charge in [-0.1, -0.05) is 13.8 Å². The standard InChI is InChI=1S/C13H13N5OS/c1-3-8-9(7-14)12(18-17-10(8)4-2)20-13-15-6-5-11(19)16-13/h5-6H,3-4H2,1-2H3,(H,15,16,19). The Morgan fingerprint density at radius 1 is 1.35 bits per heavy atom. The molecule has 0 aliphatic carbocycles. The van der Waals surface area contributed by atoms with Gasteiger partial charge in [-0.15, -0.1) is 5.10 Å². The number of nitrogens with one attached hydrogen (secondary N) is 1. The van der Waals surface area contributed by atoms with Gasteiger partial charge >= 0.3 is 0 Å². The Morgan fingerprint density at radius 3 is 2.75 bits per heavy atom. The lowest BCUT2D eigenvalue weighted by atomic mass is 10.1. The molecule has 20 heavy (non-hydrogen) atoms. The summed E-state index contributed by atoms with van der Waals surface area (Å²) in [6.45, 7) is 3.96. The van der Waals surface area contributed by atoms with Gasteiger partial charge in [0.25, 0.3) is 5.56 Å². The van der Waals surface area contributed by atoms with Crippen LogP contribution in [0.4, 0.5) is 0 Å². The average Bonchev–Trinajstić information content (AvgIpc) is 2.46. The molecule has 0 saturated heterocycles. The van der Waals surface area contributed by atoms with Crippen molar-refractivity contribution in [2.45, 2.75) is 36.9 Å². The first-order chi connectivity index (χ1) is 9.69. The Morgan fingerprint density at radius 2 is 2.15 bits per heavy atom. The number of H-pyrrole nitrogens is 1. The van der Waals surface area contributed by atoms with E-state index in [1.54, 1.807) is 0 Å². The average molecular weight is 287 g/mol. The van der Waals surface area contributed by atoms with E-state index in [0.717, 1.165) is 29.4 Å². The van der Waals surface area contributed by atoms with Gasteiger partial charge in [0.1, 0.15) is 11.1 Å². The largest absolute Gasteiger partial charge is 0.301 e. The Kier molecular flexibility index (Phi) is 4.48. The molecule has 1 N–H and O–H groups in total. The van der Waals surface area contributed by atoms with E-state index in [1.807, 2.05) is 13.8 Å². The predicted octanol–water partition coefficient (Wildman–Crippen LogP) is 1.71. The van der Waals surface area contributed by atoms with E-state index in [4.69, 9.17) is 0 Å². The van der Waals surface area contributed by atoms with Gasteiger partial charge in [0.05, 0.1) is 11.3 Å². The molecule has 2 aromatic heterocycles. The van der Waals surface area contributed by atoms with Crippen molar-refractivity contribution in [3.63, 3.8) is 0 Å². The molecule has 0 amide bonds. The molecule has 0 spiro atoms. The smallest absolute Gasteiger partial charge is 0.251 e. The lowest BCUT2D eigenvalue weighted by molar-refractivity contribution is 0.814. The van der Waals surface area contributed by atoms with Gasteiger partial charge < -0.3 is 4.98 Å².